The Hall–Kier alpha value is -3.19. The van der Waals surface area contributed by atoms with Crippen LogP contribution in [0.1, 0.15) is 25.7 Å². The Morgan fingerprint density at radius 3 is 2.72 bits per heavy atom. The van der Waals surface area contributed by atoms with Crippen molar-refractivity contribution in [1.29, 1.82) is 0 Å². The number of aromatic nitrogens is 3. The lowest BCUT2D eigenvalue weighted by atomic mass is 10.1. The molecule has 4 rings (SSSR count). The average Bonchev–Trinajstić information content (AvgIpc) is 3.24. The standard InChI is InChI=1S/C21H21ClN6O/c22-15-5-3-4-14(12-15)18-9-8-17(23)20(26-18)28(16-6-1-2-7-16)21(29)27-19-10-11-24-13-25-19/h3-5,8-13,16H,1-2,6-7,23H2,(H,24,25,27,29). The number of pyridine rings is 1. The van der Waals surface area contributed by atoms with Crippen LogP contribution in [-0.2, 0) is 0 Å². The molecular formula is C21H21ClN6O. The number of nitrogens with zero attached hydrogens (tertiary/aromatic N) is 4. The SMILES string of the molecule is Nc1ccc(-c2cccc(Cl)c2)nc1N(C(=O)Nc1ccncn1)C1CCCC1. The third-order valence-corrected chi connectivity index (χ3v) is 5.21. The van der Waals surface area contributed by atoms with Crippen molar-refractivity contribution in [3.63, 3.8) is 0 Å². The monoisotopic (exact) mass is 408 g/mol. The van der Waals surface area contributed by atoms with Gasteiger partial charge in [0.25, 0.3) is 0 Å². The second-order valence-corrected chi connectivity index (χ2v) is 7.39. The number of benzene rings is 1. The molecule has 7 nitrogen and oxygen atoms in total. The third-order valence-electron chi connectivity index (χ3n) is 4.98. The summed E-state index contributed by atoms with van der Waals surface area (Å²) in [6.07, 6.45) is 6.90. The molecule has 1 aliphatic rings. The van der Waals surface area contributed by atoms with Crippen LogP contribution >= 0.6 is 11.6 Å². The summed E-state index contributed by atoms with van der Waals surface area (Å²) in [6, 6.07) is 12.4. The number of carbonyl (C=O) groups excluding carboxylic acids is 1. The first-order chi connectivity index (χ1) is 14.1. The summed E-state index contributed by atoms with van der Waals surface area (Å²) < 4.78 is 0. The summed E-state index contributed by atoms with van der Waals surface area (Å²) >= 11 is 6.13. The Balaban J connectivity index is 1.72. The zero-order valence-corrected chi connectivity index (χ0v) is 16.5. The number of nitrogens with one attached hydrogen (secondary N) is 1. The number of hydrogen-bond acceptors (Lipinski definition) is 5. The average molecular weight is 409 g/mol. The van der Waals surface area contributed by atoms with Crippen LogP contribution in [0.15, 0.2) is 55.0 Å². The minimum absolute atomic E-state index is 0.0289. The quantitative estimate of drug-likeness (QED) is 0.648. The molecule has 1 aromatic carbocycles. The molecule has 0 saturated heterocycles. The molecule has 3 aromatic rings. The molecule has 2 aromatic heterocycles. The lowest BCUT2D eigenvalue weighted by Gasteiger charge is -2.29. The van der Waals surface area contributed by atoms with E-state index >= 15 is 0 Å². The van der Waals surface area contributed by atoms with Crippen molar-refractivity contribution in [2.45, 2.75) is 31.7 Å². The molecule has 0 unspecified atom stereocenters. The van der Waals surface area contributed by atoms with Gasteiger partial charge in [-0.1, -0.05) is 36.6 Å². The fourth-order valence-electron chi connectivity index (χ4n) is 3.59. The van der Waals surface area contributed by atoms with Crippen molar-refractivity contribution in [3.8, 4) is 11.3 Å². The number of nitrogens with two attached hydrogens (primary N) is 1. The molecule has 0 bridgehead atoms. The molecule has 0 aliphatic heterocycles. The minimum atomic E-state index is -0.307. The van der Waals surface area contributed by atoms with E-state index in [0.717, 1.165) is 31.2 Å². The first-order valence-corrected chi connectivity index (χ1v) is 9.88. The number of amides is 2. The van der Waals surface area contributed by atoms with E-state index in [0.29, 0.717) is 28.0 Å². The topological polar surface area (TPSA) is 97.0 Å². The third kappa shape index (κ3) is 4.30. The molecule has 0 atom stereocenters. The highest BCUT2D eigenvalue weighted by Crippen LogP contribution is 2.33. The summed E-state index contributed by atoms with van der Waals surface area (Å²) in [5.74, 6) is 0.874. The van der Waals surface area contributed by atoms with Crippen LogP contribution in [0.25, 0.3) is 11.3 Å². The van der Waals surface area contributed by atoms with E-state index in [1.807, 2.05) is 30.3 Å². The molecule has 8 heteroatoms. The van der Waals surface area contributed by atoms with Crippen LogP contribution in [0.5, 0.6) is 0 Å². The van der Waals surface area contributed by atoms with Crippen LogP contribution in [0.2, 0.25) is 5.02 Å². The van der Waals surface area contributed by atoms with Gasteiger partial charge in [0.2, 0.25) is 0 Å². The van der Waals surface area contributed by atoms with Crippen LogP contribution in [-0.4, -0.2) is 27.0 Å². The number of anilines is 3. The Bertz CT molecular complexity index is 1010. The predicted octanol–water partition coefficient (Wildman–Crippen LogP) is 4.76. The number of hydrogen-bond donors (Lipinski definition) is 2. The van der Waals surface area contributed by atoms with E-state index in [1.54, 1.807) is 23.2 Å². The number of carbonyl (C=O) groups is 1. The molecule has 1 fully saturated rings. The molecule has 29 heavy (non-hydrogen) atoms. The number of rotatable bonds is 4. The second-order valence-electron chi connectivity index (χ2n) is 6.95. The zero-order chi connectivity index (χ0) is 20.2. The number of halogens is 1. The highest BCUT2D eigenvalue weighted by Gasteiger charge is 2.31. The lowest BCUT2D eigenvalue weighted by molar-refractivity contribution is 0.254. The zero-order valence-electron chi connectivity index (χ0n) is 15.8. The van der Waals surface area contributed by atoms with Crippen LogP contribution in [0, 0.1) is 0 Å². The Kier molecular flexibility index (Phi) is 5.57. The van der Waals surface area contributed by atoms with Crippen LogP contribution < -0.4 is 16.0 Å². The number of nitrogen functional groups attached to an aromatic ring is 1. The van der Waals surface area contributed by atoms with E-state index in [9.17, 15) is 4.79 Å². The summed E-state index contributed by atoms with van der Waals surface area (Å²) in [7, 11) is 0. The summed E-state index contributed by atoms with van der Waals surface area (Å²) in [6.45, 7) is 0. The maximum atomic E-state index is 13.2. The van der Waals surface area contributed by atoms with Crippen LogP contribution in [0.4, 0.5) is 22.1 Å². The molecular weight excluding hydrogens is 388 g/mol. The molecule has 1 aliphatic carbocycles. The van der Waals surface area contributed by atoms with Crippen molar-refractivity contribution >= 4 is 35.0 Å². The molecule has 3 N–H and O–H groups in total. The van der Waals surface area contributed by atoms with Crippen molar-refractivity contribution in [1.82, 2.24) is 15.0 Å². The first-order valence-electron chi connectivity index (χ1n) is 9.50. The molecule has 0 spiro atoms. The largest absolute Gasteiger partial charge is 0.396 e. The summed E-state index contributed by atoms with van der Waals surface area (Å²) in [5.41, 5.74) is 8.27. The Labute approximate surface area is 174 Å². The van der Waals surface area contributed by atoms with Gasteiger partial charge in [-0.2, -0.15) is 0 Å². The van der Waals surface area contributed by atoms with Gasteiger partial charge < -0.3 is 5.73 Å². The molecule has 2 amide bonds. The van der Waals surface area contributed by atoms with Gasteiger partial charge in [0.15, 0.2) is 5.82 Å². The van der Waals surface area contributed by atoms with Gasteiger partial charge in [-0.3, -0.25) is 10.2 Å². The molecule has 148 valence electrons. The summed E-state index contributed by atoms with van der Waals surface area (Å²) in [5, 5.41) is 3.45. The Morgan fingerprint density at radius 1 is 1.17 bits per heavy atom. The van der Waals surface area contributed by atoms with Gasteiger partial charge >= 0.3 is 6.03 Å². The predicted molar refractivity (Wildman–Crippen MR) is 115 cm³/mol. The van der Waals surface area contributed by atoms with Gasteiger partial charge in [0.1, 0.15) is 12.1 Å². The van der Waals surface area contributed by atoms with E-state index in [4.69, 9.17) is 22.3 Å². The Morgan fingerprint density at radius 2 is 2.00 bits per heavy atom. The van der Waals surface area contributed by atoms with Gasteiger partial charge in [-0.25, -0.2) is 19.7 Å². The van der Waals surface area contributed by atoms with Crippen molar-refractivity contribution in [3.05, 3.63) is 60.0 Å². The minimum Gasteiger partial charge on any atom is -0.396 e. The highest BCUT2D eigenvalue weighted by atomic mass is 35.5. The number of urea groups is 1. The first kappa shape index (κ1) is 19.1. The maximum Gasteiger partial charge on any atom is 0.328 e. The fraction of sp³-hybridized carbons (Fsp3) is 0.238. The van der Waals surface area contributed by atoms with Gasteiger partial charge in [-0.15, -0.1) is 0 Å². The lowest BCUT2D eigenvalue weighted by Crippen LogP contribution is -2.43. The maximum absolute atomic E-state index is 13.2. The van der Waals surface area contributed by atoms with Crippen molar-refractivity contribution in [2.75, 3.05) is 16.0 Å². The summed E-state index contributed by atoms with van der Waals surface area (Å²) in [4.78, 5) is 27.6. The van der Waals surface area contributed by atoms with E-state index in [1.165, 1.54) is 6.33 Å². The molecule has 1 saturated carbocycles. The van der Waals surface area contributed by atoms with Crippen molar-refractivity contribution < 1.29 is 4.79 Å². The normalized spacial score (nSPS) is 14.0. The second kappa shape index (κ2) is 8.45. The van der Waals surface area contributed by atoms with Gasteiger partial charge in [0.05, 0.1) is 11.4 Å². The molecule has 2 heterocycles. The molecule has 0 radical (unpaired) electrons. The van der Waals surface area contributed by atoms with E-state index in [2.05, 4.69) is 15.3 Å². The fourth-order valence-corrected chi connectivity index (χ4v) is 3.78. The van der Waals surface area contributed by atoms with Crippen molar-refractivity contribution in [2.24, 2.45) is 0 Å². The van der Waals surface area contributed by atoms with Crippen LogP contribution in [0.3, 0.4) is 0 Å². The van der Waals surface area contributed by atoms with Gasteiger partial charge in [-0.05, 0) is 43.2 Å². The van der Waals surface area contributed by atoms with Gasteiger partial charge in [0, 0.05) is 22.8 Å². The van der Waals surface area contributed by atoms with E-state index in [-0.39, 0.29) is 12.1 Å². The highest BCUT2D eigenvalue weighted by molar-refractivity contribution is 6.30. The smallest absolute Gasteiger partial charge is 0.328 e. The van der Waals surface area contributed by atoms with E-state index < -0.39 is 0 Å².